The largest absolute Gasteiger partial charge is 0.497 e. The molecule has 0 amide bonds. The molecule has 0 spiro atoms. The van der Waals surface area contributed by atoms with Gasteiger partial charge in [0.25, 0.3) is 0 Å². The van der Waals surface area contributed by atoms with Crippen molar-refractivity contribution < 1.29 is 18.6 Å². The van der Waals surface area contributed by atoms with Crippen LogP contribution in [0.1, 0.15) is 29.7 Å². The minimum atomic E-state index is -1.34. The molecule has 0 saturated heterocycles. The second-order valence-corrected chi connectivity index (χ2v) is 4.50. The second kappa shape index (κ2) is 6.01. The fourth-order valence-corrected chi connectivity index (χ4v) is 2.04. The standard InChI is InChI=1S/C16H16F2O2/c1-3-10-4-6-11(7-5-10)16(19)15-13(17)8-12(20-2)9-14(15)18/h4-9,16,19H,3H2,1-2H3. The van der Waals surface area contributed by atoms with E-state index in [2.05, 4.69) is 0 Å². The van der Waals surface area contributed by atoms with Crippen molar-refractivity contribution in [3.05, 3.63) is 64.7 Å². The van der Waals surface area contributed by atoms with Crippen LogP contribution in [-0.2, 0) is 6.42 Å². The average Bonchev–Trinajstić information content (AvgIpc) is 2.46. The highest BCUT2D eigenvalue weighted by atomic mass is 19.1. The van der Waals surface area contributed by atoms with E-state index in [4.69, 9.17) is 4.74 Å². The predicted octanol–water partition coefficient (Wildman–Crippen LogP) is 3.62. The second-order valence-electron chi connectivity index (χ2n) is 4.50. The van der Waals surface area contributed by atoms with E-state index in [9.17, 15) is 13.9 Å². The number of hydrogen-bond acceptors (Lipinski definition) is 2. The molecule has 2 rings (SSSR count). The molecule has 0 saturated carbocycles. The zero-order valence-corrected chi connectivity index (χ0v) is 11.4. The summed E-state index contributed by atoms with van der Waals surface area (Å²) in [4.78, 5) is 0. The van der Waals surface area contributed by atoms with Crippen LogP contribution in [0.5, 0.6) is 5.75 Å². The molecule has 1 unspecified atom stereocenters. The zero-order valence-electron chi connectivity index (χ0n) is 11.4. The van der Waals surface area contributed by atoms with E-state index in [1.54, 1.807) is 12.1 Å². The first-order chi connectivity index (χ1) is 9.56. The molecule has 0 aliphatic heterocycles. The Morgan fingerprint density at radius 1 is 1.10 bits per heavy atom. The van der Waals surface area contributed by atoms with Gasteiger partial charge < -0.3 is 9.84 Å². The molecular formula is C16H16F2O2. The number of halogens is 2. The van der Waals surface area contributed by atoms with Crippen LogP contribution < -0.4 is 4.74 Å². The number of benzene rings is 2. The van der Waals surface area contributed by atoms with E-state index in [1.807, 2.05) is 19.1 Å². The van der Waals surface area contributed by atoms with Crippen LogP contribution in [0.4, 0.5) is 8.78 Å². The Labute approximate surface area is 116 Å². The molecule has 106 valence electrons. The lowest BCUT2D eigenvalue weighted by Gasteiger charge is -2.14. The highest BCUT2D eigenvalue weighted by Gasteiger charge is 2.21. The summed E-state index contributed by atoms with van der Waals surface area (Å²) >= 11 is 0. The maximum absolute atomic E-state index is 13.9. The molecule has 0 aliphatic carbocycles. The van der Waals surface area contributed by atoms with Crippen molar-refractivity contribution in [3.63, 3.8) is 0 Å². The lowest BCUT2D eigenvalue weighted by Crippen LogP contribution is -2.06. The van der Waals surface area contributed by atoms with Gasteiger partial charge in [-0.25, -0.2) is 8.78 Å². The van der Waals surface area contributed by atoms with E-state index in [-0.39, 0.29) is 11.3 Å². The van der Waals surface area contributed by atoms with Gasteiger partial charge in [0, 0.05) is 12.1 Å². The zero-order chi connectivity index (χ0) is 14.7. The lowest BCUT2D eigenvalue weighted by atomic mass is 9.99. The summed E-state index contributed by atoms with van der Waals surface area (Å²) in [5.41, 5.74) is 1.18. The van der Waals surface area contributed by atoms with E-state index in [0.717, 1.165) is 24.1 Å². The Morgan fingerprint density at radius 2 is 1.65 bits per heavy atom. The lowest BCUT2D eigenvalue weighted by molar-refractivity contribution is 0.208. The van der Waals surface area contributed by atoms with Crippen molar-refractivity contribution in [2.45, 2.75) is 19.4 Å². The Kier molecular flexibility index (Phi) is 4.35. The van der Waals surface area contributed by atoms with Crippen LogP contribution in [0.3, 0.4) is 0 Å². The number of rotatable bonds is 4. The Morgan fingerprint density at radius 3 is 2.10 bits per heavy atom. The van der Waals surface area contributed by atoms with Crippen molar-refractivity contribution in [2.24, 2.45) is 0 Å². The fraction of sp³-hybridized carbons (Fsp3) is 0.250. The smallest absolute Gasteiger partial charge is 0.135 e. The Hall–Kier alpha value is -1.94. The normalized spacial score (nSPS) is 12.2. The maximum Gasteiger partial charge on any atom is 0.135 e. The van der Waals surface area contributed by atoms with Gasteiger partial charge in [-0.15, -0.1) is 0 Å². The third-order valence-electron chi connectivity index (χ3n) is 3.27. The van der Waals surface area contributed by atoms with Crippen molar-refractivity contribution in [1.29, 1.82) is 0 Å². The summed E-state index contributed by atoms with van der Waals surface area (Å²) in [7, 11) is 1.33. The fourth-order valence-electron chi connectivity index (χ4n) is 2.04. The number of aliphatic hydroxyl groups is 1. The van der Waals surface area contributed by atoms with Gasteiger partial charge in [-0.3, -0.25) is 0 Å². The molecular weight excluding hydrogens is 262 g/mol. The van der Waals surface area contributed by atoms with Gasteiger partial charge in [0.2, 0.25) is 0 Å². The van der Waals surface area contributed by atoms with E-state index in [1.165, 1.54) is 7.11 Å². The van der Waals surface area contributed by atoms with Crippen LogP contribution >= 0.6 is 0 Å². The summed E-state index contributed by atoms with van der Waals surface area (Å²) in [5.74, 6) is -1.57. The summed E-state index contributed by atoms with van der Waals surface area (Å²) in [6.07, 6.45) is -0.478. The SMILES string of the molecule is CCc1ccc(C(O)c2c(F)cc(OC)cc2F)cc1. The molecule has 0 fully saturated rings. The van der Waals surface area contributed by atoms with Gasteiger partial charge in [-0.2, -0.15) is 0 Å². The molecule has 0 aromatic heterocycles. The number of methoxy groups -OCH3 is 1. The van der Waals surface area contributed by atoms with Gasteiger partial charge in [0.15, 0.2) is 0 Å². The average molecular weight is 278 g/mol. The van der Waals surface area contributed by atoms with E-state index in [0.29, 0.717) is 5.56 Å². The molecule has 20 heavy (non-hydrogen) atoms. The third kappa shape index (κ3) is 2.80. The molecule has 1 N–H and O–H groups in total. The van der Waals surface area contributed by atoms with E-state index < -0.39 is 17.7 Å². The number of aryl methyl sites for hydroxylation is 1. The van der Waals surface area contributed by atoms with Crippen molar-refractivity contribution in [2.75, 3.05) is 7.11 Å². The monoisotopic (exact) mass is 278 g/mol. The summed E-state index contributed by atoms with van der Waals surface area (Å²) in [6, 6.07) is 9.12. The third-order valence-corrected chi connectivity index (χ3v) is 3.27. The molecule has 4 heteroatoms. The summed E-state index contributed by atoms with van der Waals surface area (Å²) in [6.45, 7) is 2.01. The predicted molar refractivity (Wildman–Crippen MR) is 72.8 cm³/mol. The highest BCUT2D eigenvalue weighted by Crippen LogP contribution is 2.30. The van der Waals surface area contributed by atoms with Gasteiger partial charge in [-0.05, 0) is 17.5 Å². The van der Waals surface area contributed by atoms with Crippen LogP contribution in [0, 0.1) is 11.6 Å². The number of ether oxygens (including phenoxy) is 1. The van der Waals surface area contributed by atoms with Crippen molar-refractivity contribution in [1.82, 2.24) is 0 Å². The number of aliphatic hydroxyl groups excluding tert-OH is 1. The molecule has 0 aliphatic rings. The van der Waals surface area contributed by atoms with E-state index >= 15 is 0 Å². The Balaban J connectivity index is 2.39. The number of hydrogen-bond donors (Lipinski definition) is 1. The molecule has 2 aromatic rings. The summed E-state index contributed by atoms with van der Waals surface area (Å²) in [5, 5.41) is 10.2. The van der Waals surface area contributed by atoms with Crippen molar-refractivity contribution in [3.8, 4) is 5.75 Å². The minimum absolute atomic E-state index is 0.0808. The minimum Gasteiger partial charge on any atom is -0.497 e. The molecule has 2 nitrogen and oxygen atoms in total. The molecule has 0 heterocycles. The Bertz CT molecular complexity index is 571. The van der Waals surface area contributed by atoms with Gasteiger partial charge in [0.05, 0.1) is 12.7 Å². The van der Waals surface area contributed by atoms with Crippen LogP contribution in [0.25, 0.3) is 0 Å². The van der Waals surface area contributed by atoms with Crippen LogP contribution in [-0.4, -0.2) is 12.2 Å². The first kappa shape index (κ1) is 14.5. The van der Waals surface area contributed by atoms with Crippen LogP contribution in [0.2, 0.25) is 0 Å². The molecule has 0 radical (unpaired) electrons. The highest BCUT2D eigenvalue weighted by molar-refractivity contribution is 5.37. The van der Waals surface area contributed by atoms with Crippen LogP contribution in [0.15, 0.2) is 36.4 Å². The maximum atomic E-state index is 13.9. The van der Waals surface area contributed by atoms with Gasteiger partial charge in [0.1, 0.15) is 23.5 Å². The molecule has 1 atom stereocenters. The quantitative estimate of drug-likeness (QED) is 0.925. The van der Waals surface area contributed by atoms with Gasteiger partial charge >= 0.3 is 0 Å². The summed E-state index contributed by atoms with van der Waals surface area (Å²) < 4.78 is 32.6. The first-order valence-corrected chi connectivity index (χ1v) is 6.36. The molecule has 2 aromatic carbocycles. The topological polar surface area (TPSA) is 29.5 Å². The first-order valence-electron chi connectivity index (χ1n) is 6.36. The van der Waals surface area contributed by atoms with Gasteiger partial charge in [-0.1, -0.05) is 31.2 Å². The van der Waals surface area contributed by atoms with Crippen molar-refractivity contribution >= 4 is 0 Å². The molecule has 0 bridgehead atoms.